The molecule has 0 saturated carbocycles. The van der Waals surface area contributed by atoms with E-state index in [0.29, 0.717) is 29.2 Å². The summed E-state index contributed by atoms with van der Waals surface area (Å²) in [6.45, 7) is 6.12. The van der Waals surface area contributed by atoms with Gasteiger partial charge in [0.05, 0.1) is 29.8 Å². The molecule has 0 spiro atoms. The van der Waals surface area contributed by atoms with Crippen molar-refractivity contribution < 1.29 is 12.8 Å². The predicted molar refractivity (Wildman–Crippen MR) is 95.9 cm³/mol. The quantitative estimate of drug-likeness (QED) is 0.716. The Hall–Kier alpha value is -2.68. The Labute approximate surface area is 151 Å². The third kappa shape index (κ3) is 3.48. The molecule has 0 saturated heterocycles. The number of benzene rings is 1. The van der Waals surface area contributed by atoms with Gasteiger partial charge in [-0.1, -0.05) is 18.2 Å². The van der Waals surface area contributed by atoms with Gasteiger partial charge in [-0.15, -0.1) is 0 Å². The van der Waals surface area contributed by atoms with Crippen molar-refractivity contribution in [2.75, 3.05) is 4.72 Å². The molecule has 0 aliphatic heterocycles. The first-order chi connectivity index (χ1) is 12.3. The van der Waals surface area contributed by atoms with Crippen LogP contribution in [0.2, 0.25) is 0 Å². The van der Waals surface area contributed by atoms with Crippen molar-refractivity contribution in [2.24, 2.45) is 0 Å². The van der Waals surface area contributed by atoms with Gasteiger partial charge in [0.1, 0.15) is 10.7 Å². The molecule has 2 heterocycles. The predicted octanol–water partition coefficient (Wildman–Crippen LogP) is 2.70. The van der Waals surface area contributed by atoms with Crippen LogP contribution in [0.25, 0.3) is 0 Å². The Morgan fingerprint density at radius 1 is 1.23 bits per heavy atom. The Morgan fingerprint density at radius 2 is 1.96 bits per heavy atom. The van der Waals surface area contributed by atoms with Crippen molar-refractivity contribution in [3.05, 3.63) is 59.4 Å². The van der Waals surface area contributed by atoms with E-state index in [4.69, 9.17) is 0 Å². The zero-order chi connectivity index (χ0) is 18.9. The van der Waals surface area contributed by atoms with Gasteiger partial charge in [0.2, 0.25) is 0 Å². The molecule has 0 atom stereocenters. The highest BCUT2D eigenvalue weighted by Crippen LogP contribution is 2.24. The van der Waals surface area contributed by atoms with E-state index in [-0.39, 0.29) is 17.3 Å². The molecule has 0 aliphatic rings. The van der Waals surface area contributed by atoms with E-state index in [1.165, 1.54) is 23.1 Å². The van der Waals surface area contributed by atoms with Gasteiger partial charge in [-0.25, -0.2) is 12.8 Å². The fourth-order valence-corrected chi connectivity index (χ4v) is 3.76. The van der Waals surface area contributed by atoms with Crippen LogP contribution in [0.15, 0.2) is 41.6 Å². The first-order valence-corrected chi connectivity index (χ1v) is 9.63. The number of nitrogens with zero attached hydrogens (tertiary/aromatic N) is 4. The summed E-state index contributed by atoms with van der Waals surface area (Å²) < 4.78 is 44.8. The normalized spacial score (nSPS) is 11.7. The molecule has 138 valence electrons. The van der Waals surface area contributed by atoms with E-state index >= 15 is 0 Å². The molecule has 3 rings (SSSR count). The zero-order valence-electron chi connectivity index (χ0n) is 14.8. The first-order valence-electron chi connectivity index (χ1n) is 8.14. The largest absolute Gasteiger partial charge is 0.276 e. The first kappa shape index (κ1) is 18.1. The molecule has 0 aliphatic carbocycles. The van der Waals surface area contributed by atoms with Crippen LogP contribution in [-0.2, 0) is 23.1 Å². The number of rotatable bonds is 6. The summed E-state index contributed by atoms with van der Waals surface area (Å²) >= 11 is 0. The lowest BCUT2D eigenvalue weighted by Crippen LogP contribution is -2.14. The van der Waals surface area contributed by atoms with Crippen molar-refractivity contribution in [1.29, 1.82) is 0 Å². The van der Waals surface area contributed by atoms with Crippen LogP contribution in [0.5, 0.6) is 0 Å². The fourth-order valence-electron chi connectivity index (χ4n) is 2.64. The van der Waals surface area contributed by atoms with Gasteiger partial charge in [0, 0.05) is 18.3 Å². The summed E-state index contributed by atoms with van der Waals surface area (Å²) in [6, 6.07) is 6.43. The number of nitrogens with one attached hydrogen (secondary N) is 1. The Balaban J connectivity index is 1.89. The molecular weight excluding hydrogens is 357 g/mol. The molecule has 0 bridgehead atoms. The second-order valence-corrected chi connectivity index (χ2v) is 7.61. The summed E-state index contributed by atoms with van der Waals surface area (Å²) in [7, 11) is -3.78. The number of hydrogen-bond donors (Lipinski definition) is 1. The molecule has 1 aromatic carbocycles. The topological polar surface area (TPSA) is 81.8 Å². The molecule has 2 aromatic heterocycles. The van der Waals surface area contributed by atoms with Gasteiger partial charge in [-0.3, -0.25) is 14.1 Å². The van der Waals surface area contributed by atoms with Crippen LogP contribution in [-0.4, -0.2) is 28.0 Å². The number of anilines is 1. The van der Waals surface area contributed by atoms with E-state index in [1.54, 1.807) is 36.7 Å². The van der Waals surface area contributed by atoms with Crippen LogP contribution >= 0.6 is 0 Å². The average Bonchev–Trinajstić information content (AvgIpc) is 3.18. The maximum Gasteiger partial charge on any atom is 0.265 e. The van der Waals surface area contributed by atoms with Crippen LogP contribution in [0.1, 0.15) is 23.9 Å². The molecule has 1 N–H and O–H groups in total. The summed E-state index contributed by atoms with van der Waals surface area (Å²) in [5.41, 5.74) is 2.00. The van der Waals surface area contributed by atoms with Crippen LogP contribution in [0, 0.1) is 19.7 Å². The SMILES string of the molecule is CCn1cc(S(=O)(=O)Nc2c(C)nn(Cc3ccccc3F)c2C)cn1. The molecule has 0 fully saturated rings. The van der Waals surface area contributed by atoms with E-state index in [1.807, 2.05) is 6.92 Å². The maximum absolute atomic E-state index is 13.9. The third-order valence-corrected chi connectivity index (χ3v) is 5.44. The second kappa shape index (κ2) is 6.91. The Morgan fingerprint density at radius 3 is 2.62 bits per heavy atom. The zero-order valence-corrected chi connectivity index (χ0v) is 15.6. The van der Waals surface area contributed by atoms with Crippen LogP contribution < -0.4 is 4.72 Å². The molecule has 9 heteroatoms. The number of sulfonamides is 1. The number of aromatic nitrogens is 4. The molecule has 3 aromatic rings. The lowest BCUT2D eigenvalue weighted by Gasteiger charge is -2.08. The number of aryl methyl sites for hydroxylation is 2. The Kier molecular flexibility index (Phi) is 4.82. The van der Waals surface area contributed by atoms with E-state index < -0.39 is 10.0 Å². The molecule has 0 radical (unpaired) electrons. The molecule has 7 nitrogen and oxygen atoms in total. The lowest BCUT2D eigenvalue weighted by molar-refractivity contribution is 0.579. The third-order valence-electron chi connectivity index (χ3n) is 4.14. The van der Waals surface area contributed by atoms with E-state index in [2.05, 4.69) is 14.9 Å². The minimum absolute atomic E-state index is 0.0833. The molecule has 26 heavy (non-hydrogen) atoms. The standard InChI is InChI=1S/C17H20FN5O2S/c1-4-22-11-15(9-19-22)26(24,25)21-17-12(2)20-23(13(17)3)10-14-7-5-6-8-16(14)18/h5-9,11,21H,4,10H2,1-3H3. The van der Waals surface area contributed by atoms with Gasteiger partial charge in [-0.2, -0.15) is 10.2 Å². The molecular formula is C17H20FN5O2S. The summed E-state index contributed by atoms with van der Waals surface area (Å²) in [4.78, 5) is 0.0833. The minimum Gasteiger partial charge on any atom is -0.276 e. The highest BCUT2D eigenvalue weighted by molar-refractivity contribution is 7.92. The second-order valence-electron chi connectivity index (χ2n) is 5.93. The van der Waals surface area contributed by atoms with Crippen molar-refractivity contribution in [3.63, 3.8) is 0 Å². The van der Waals surface area contributed by atoms with Crippen molar-refractivity contribution in [1.82, 2.24) is 19.6 Å². The maximum atomic E-state index is 13.9. The minimum atomic E-state index is -3.78. The molecule has 0 amide bonds. The van der Waals surface area contributed by atoms with E-state index in [9.17, 15) is 12.8 Å². The lowest BCUT2D eigenvalue weighted by atomic mass is 10.2. The van der Waals surface area contributed by atoms with Gasteiger partial charge in [0.15, 0.2) is 0 Å². The van der Waals surface area contributed by atoms with Gasteiger partial charge < -0.3 is 0 Å². The van der Waals surface area contributed by atoms with E-state index in [0.717, 1.165) is 0 Å². The monoisotopic (exact) mass is 377 g/mol. The molecule has 0 unspecified atom stereocenters. The van der Waals surface area contributed by atoms with Gasteiger partial charge >= 0.3 is 0 Å². The van der Waals surface area contributed by atoms with Gasteiger partial charge in [-0.05, 0) is 26.8 Å². The van der Waals surface area contributed by atoms with Crippen molar-refractivity contribution in [2.45, 2.75) is 38.8 Å². The van der Waals surface area contributed by atoms with Crippen LogP contribution in [0.4, 0.5) is 10.1 Å². The number of halogens is 1. The number of hydrogen-bond acceptors (Lipinski definition) is 4. The van der Waals surface area contributed by atoms with Crippen molar-refractivity contribution in [3.8, 4) is 0 Å². The fraction of sp³-hybridized carbons (Fsp3) is 0.294. The summed E-state index contributed by atoms with van der Waals surface area (Å²) in [5.74, 6) is -0.325. The van der Waals surface area contributed by atoms with Crippen LogP contribution in [0.3, 0.4) is 0 Å². The highest BCUT2D eigenvalue weighted by atomic mass is 32.2. The Bertz CT molecular complexity index is 1040. The highest BCUT2D eigenvalue weighted by Gasteiger charge is 2.21. The smallest absolute Gasteiger partial charge is 0.265 e. The summed E-state index contributed by atoms with van der Waals surface area (Å²) in [6.07, 6.45) is 2.77. The van der Waals surface area contributed by atoms with Gasteiger partial charge in [0.25, 0.3) is 10.0 Å². The van der Waals surface area contributed by atoms with Crippen molar-refractivity contribution >= 4 is 15.7 Å². The summed E-state index contributed by atoms with van der Waals surface area (Å²) in [5, 5.41) is 8.34. The average molecular weight is 377 g/mol.